The van der Waals surface area contributed by atoms with Crippen LogP contribution in [0.1, 0.15) is 12.8 Å². The van der Waals surface area contributed by atoms with Gasteiger partial charge >= 0.3 is 0 Å². The zero-order chi connectivity index (χ0) is 10.7. The fraction of sp³-hybridized carbons (Fsp3) is 0.909. The quantitative estimate of drug-likeness (QED) is 0.650. The monoisotopic (exact) mass is 211 g/mol. The van der Waals surface area contributed by atoms with Crippen LogP contribution in [0.4, 0.5) is 0 Å². The summed E-state index contributed by atoms with van der Waals surface area (Å²) < 4.78 is 0. The Morgan fingerprint density at radius 3 is 2.87 bits per heavy atom. The largest absolute Gasteiger partial charge is 0.341 e. The molecular weight excluding hydrogens is 190 g/mol. The smallest absolute Gasteiger partial charge is 0.227 e. The number of amides is 1. The van der Waals surface area contributed by atoms with Gasteiger partial charge < -0.3 is 15.1 Å². The van der Waals surface area contributed by atoms with E-state index in [0.717, 1.165) is 52.1 Å². The standard InChI is InChI=1S/C11H21N3O/c1-13-5-2-6-14(8-7-13)11(15)10-3-4-12-9-10/h10,12H,2-9H2,1H3/t10-/m1/s1. The van der Waals surface area contributed by atoms with Crippen molar-refractivity contribution in [3.05, 3.63) is 0 Å². The first-order valence-corrected chi connectivity index (χ1v) is 5.95. The van der Waals surface area contributed by atoms with Crippen LogP contribution in [-0.2, 0) is 4.79 Å². The van der Waals surface area contributed by atoms with E-state index >= 15 is 0 Å². The van der Waals surface area contributed by atoms with Crippen molar-refractivity contribution in [1.29, 1.82) is 0 Å². The molecule has 86 valence electrons. The number of hydrogen-bond acceptors (Lipinski definition) is 3. The van der Waals surface area contributed by atoms with Gasteiger partial charge in [-0.1, -0.05) is 0 Å². The predicted octanol–water partition coefficient (Wildman–Crippen LogP) is -0.240. The molecule has 0 bridgehead atoms. The van der Waals surface area contributed by atoms with E-state index in [0.29, 0.717) is 5.91 Å². The van der Waals surface area contributed by atoms with Gasteiger partial charge in [0, 0.05) is 26.2 Å². The molecule has 4 nitrogen and oxygen atoms in total. The number of carbonyl (C=O) groups is 1. The fourth-order valence-corrected chi connectivity index (χ4v) is 2.39. The van der Waals surface area contributed by atoms with Gasteiger partial charge in [-0.25, -0.2) is 0 Å². The average Bonchev–Trinajstić information content (AvgIpc) is 2.67. The van der Waals surface area contributed by atoms with Gasteiger partial charge in [-0.05, 0) is 33.0 Å². The van der Waals surface area contributed by atoms with Crippen molar-refractivity contribution in [1.82, 2.24) is 15.1 Å². The van der Waals surface area contributed by atoms with Crippen LogP contribution in [0.3, 0.4) is 0 Å². The van der Waals surface area contributed by atoms with E-state index in [1.54, 1.807) is 0 Å². The molecule has 1 amide bonds. The molecule has 2 rings (SSSR count). The van der Waals surface area contributed by atoms with Crippen LogP contribution < -0.4 is 5.32 Å². The average molecular weight is 211 g/mol. The Kier molecular flexibility index (Phi) is 3.59. The van der Waals surface area contributed by atoms with Gasteiger partial charge in [0.2, 0.25) is 5.91 Å². The molecule has 0 aliphatic carbocycles. The van der Waals surface area contributed by atoms with E-state index in [1.165, 1.54) is 0 Å². The zero-order valence-electron chi connectivity index (χ0n) is 9.54. The maximum Gasteiger partial charge on any atom is 0.227 e. The highest BCUT2D eigenvalue weighted by Crippen LogP contribution is 2.13. The predicted molar refractivity (Wildman–Crippen MR) is 59.7 cm³/mol. The summed E-state index contributed by atoms with van der Waals surface area (Å²) in [6.07, 6.45) is 2.13. The van der Waals surface area contributed by atoms with Crippen molar-refractivity contribution in [2.24, 2.45) is 5.92 Å². The summed E-state index contributed by atoms with van der Waals surface area (Å²) in [5.74, 6) is 0.615. The van der Waals surface area contributed by atoms with Crippen LogP contribution >= 0.6 is 0 Å². The summed E-state index contributed by atoms with van der Waals surface area (Å²) >= 11 is 0. The number of likely N-dealkylation sites (N-methyl/N-ethyl adjacent to an activating group) is 1. The molecular formula is C11H21N3O. The van der Waals surface area contributed by atoms with Gasteiger partial charge in [0.25, 0.3) is 0 Å². The molecule has 2 heterocycles. The molecule has 4 heteroatoms. The minimum Gasteiger partial charge on any atom is -0.341 e. The summed E-state index contributed by atoms with van der Waals surface area (Å²) in [5.41, 5.74) is 0. The normalized spacial score (nSPS) is 29.1. The second-order valence-corrected chi connectivity index (χ2v) is 4.67. The highest BCUT2D eigenvalue weighted by Gasteiger charge is 2.27. The van der Waals surface area contributed by atoms with Crippen molar-refractivity contribution in [2.45, 2.75) is 12.8 Å². The number of hydrogen-bond donors (Lipinski definition) is 1. The lowest BCUT2D eigenvalue weighted by Gasteiger charge is -2.23. The molecule has 1 N–H and O–H groups in total. The van der Waals surface area contributed by atoms with E-state index in [-0.39, 0.29) is 5.92 Å². The maximum absolute atomic E-state index is 12.1. The van der Waals surface area contributed by atoms with Crippen LogP contribution in [0.25, 0.3) is 0 Å². The van der Waals surface area contributed by atoms with Crippen molar-refractivity contribution in [3.63, 3.8) is 0 Å². The summed E-state index contributed by atoms with van der Waals surface area (Å²) in [6, 6.07) is 0. The summed E-state index contributed by atoms with van der Waals surface area (Å²) in [4.78, 5) is 16.5. The molecule has 0 radical (unpaired) electrons. The first-order chi connectivity index (χ1) is 7.27. The third-order valence-electron chi connectivity index (χ3n) is 3.44. The maximum atomic E-state index is 12.1. The lowest BCUT2D eigenvalue weighted by molar-refractivity contribution is -0.134. The number of rotatable bonds is 1. The fourth-order valence-electron chi connectivity index (χ4n) is 2.39. The molecule has 0 spiro atoms. The summed E-state index contributed by atoms with van der Waals surface area (Å²) in [5, 5.41) is 3.26. The molecule has 2 fully saturated rings. The molecule has 2 saturated heterocycles. The number of nitrogens with one attached hydrogen (secondary N) is 1. The third-order valence-corrected chi connectivity index (χ3v) is 3.44. The van der Waals surface area contributed by atoms with Crippen molar-refractivity contribution < 1.29 is 4.79 Å². The minimum atomic E-state index is 0.244. The lowest BCUT2D eigenvalue weighted by Crippen LogP contribution is -2.39. The molecule has 2 aliphatic heterocycles. The van der Waals surface area contributed by atoms with E-state index in [9.17, 15) is 4.79 Å². The topological polar surface area (TPSA) is 35.6 Å². The van der Waals surface area contributed by atoms with Crippen molar-refractivity contribution in [2.75, 3.05) is 46.3 Å². The second-order valence-electron chi connectivity index (χ2n) is 4.67. The summed E-state index contributed by atoms with van der Waals surface area (Å²) in [6.45, 7) is 5.87. The van der Waals surface area contributed by atoms with Gasteiger partial charge in [-0.2, -0.15) is 0 Å². The van der Waals surface area contributed by atoms with Crippen LogP contribution in [0.15, 0.2) is 0 Å². The minimum absolute atomic E-state index is 0.244. The molecule has 15 heavy (non-hydrogen) atoms. The van der Waals surface area contributed by atoms with E-state index in [1.807, 2.05) is 0 Å². The Morgan fingerprint density at radius 1 is 1.27 bits per heavy atom. The van der Waals surface area contributed by atoms with Gasteiger partial charge in [0.1, 0.15) is 0 Å². The van der Waals surface area contributed by atoms with Gasteiger partial charge in [0.05, 0.1) is 5.92 Å². The second kappa shape index (κ2) is 4.94. The SMILES string of the molecule is CN1CCCN(C(=O)[C@@H]2CCNC2)CC1. The highest BCUT2D eigenvalue weighted by molar-refractivity contribution is 5.79. The van der Waals surface area contributed by atoms with E-state index in [2.05, 4.69) is 22.2 Å². The summed E-state index contributed by atoms with van der Waals surface area (Å²) in [7, 11) is 2.13. The van der Waals surface area contributed by atoms with Crippen molar-refractivity contribution >= 4 is 5.91 Å². The highest BCUT2D eigenvalue weighted by atomic mass is 16.2. The van der Waals surface area contributed by atoms with Crippen molar-refractivity contribution in [3.8, 4) is 0 Å². The number of nitrogens with zero attached hydrogens (tertiary/aromatic N) is 2. The molecule has 0 aromatic rings. The molecule has 0 saturated carbocycles. The third kappa shape index (κ3) is 2.69. The van der Waals surface area contributed by atoms with Crippen LogP contribution in [-0.4, -0.2) is 62.0 Å². The molecule has 2 aliphatic rings. The Labute approximate surface area is 91.6 Å². The zero-order valence-corrected chi connectivity index (χ0v) is 9.54. The molecule has 0 unspecified atom stereocenters. The van der Waals surface area contributed by atoms with E-state index in [4.69, 9.17) is 0 Å². The van der Waals surface area contributed by atoms with Gasteiger partial charge in [0.15, 0.2) is 0 Å². The lowest BCUT2D eigenvalue weighted by atomic mass is 10.1. The van der Waals surface area contributed by atoms with Crippen LogP contribution in [0.2, 0.25) is 0 Å². The van der Waals surface area contributed by atoms with Crippen LogP contribution in [0.5, 0.6) is 0 Å². The number of carbonyl (C=O) groups excluding carboxylic acids is 1. The first-order valence-electron chi connectivity index (χ1n) is 5.95. The Bertz CT molecular complexity index is 226. The van der Waals surface area contributed by atoms with Crippen LogP contribution in [0, 0.1) is 5.92 Å². The van der Waals surface area contributed by atoms with Gasteiger partial charge in [-0.15, -0.1) is 0 Å². The Morgan fingerprint density at radius 2 is 2.13 bits per heavy atom. The first kappa shape index (κ1) is 10.9. The van der Waals surface area contributed by atoms with Gasteiger partial charge in [-0.3, -0.25) is 4.79 Å². The Hall–Kier alpha value is -0.610. The molecule has 0 aromatic carbocycles. The van der Waals surface area contributed by atoms with E-state index < -0.39 is 0 Å². The Balaban J connectivity index is 1.88. The molecule has 0 aromatic heterocycles. The molecule has 1 atom stereocenters.